The van der Waals surface area contributed by atoms with Gasteiger partial charge in [-0.15, -0.1) is 0 Å². The molecule has 0 aromatic rings. The highest BCUT2D eigenvalue weighted by Crippen LogP contribution is 2.20. The van der Waals surface area contributed by atoms with Gasteiger partial charge in [0.2, 0.25) is 0 Å². The number of rotatable bonds is 18. The van der Waals surface area contributed by atoms with Crippen molar-refractivity contribution in [3.8, 4) is 0 Å². The molecular weight excluding hydrogens is 424 g/mol. The van der Waals surface area contributed by atoms with E-state index in [2.05, 4.69) is 6.58 Å². The van der Waals surface area contributed by atoms with Crippen LogP contribution < -0.4 is 0 Å². The fourth-order valence-electron chi connectivity index (χ4n) is 1.80. The molecule has 0 saturated carbocycles. The monoisotopic (exact) mass is 454 g/mol. The summed E-state index contributed by atoms with van der Waals surface area (Å²) in [6, 6.07) is 0. The Kier molecular flexibility index (Phi) is 16.8. The largest absolute Gasteiger partial charge is 0.465 e. The van der Waals surface area contributed by atoms with Crippen LogP contribution in [0.3, 0.4) is 0 Å². The Bertz CT molecular complexity index is 472. The Balaban J connectivity index is 4.69. The average molecular weight is 455 g/mol. The van der Waals surface area contributed by atoms with E-state index in [0.717, 1.165) is 6.08 Å². The van der Waals surface area contributed by atoms with Crippen molar-refractivity contribution in [1.82, 2.24) is 0 Å². The fraction of sp³-hybridized carbons (Fsp3) is 0.722. The van der Waals surface area contributed by atoms with E-state index >= 15 is 0 Å². The molecule has 3 N–H and O–H groups in total. The molecule has 0 spiro atoms. The lowest BCUT2D eigenvalue weighted by Gasteiger charge is -2.30. The highest BCUT2D eigenvalue weighted by molar-refractivity contribution is 7.99. The molecule has 0 bridgehead atoms. The summed E-state index contributed by atoms with van der Waals surface area (Å²) in [6.07, 6.45) is 1.18. The maximum Gasteiger partial charge on any atom is 0.330 e. The van der Waals surface area contributed by atoms with Crippen LogP contribution in [0.2, 0.25) is 0 Å². The van der Waals surface area contributed by atoms with Gasteiger partial charge in [-0.25, -0.2) is 4.79 Å². The van der Waals surface area contributed by atoms with Gasteiger partial charge < -0.3 is 29.5 Å². The highest BCUT2D eigenvalue weighted by atomic mass is 32.2. The van der Waals surface area contributed by atoms with E-state index in [1.807, 2.05) is 0 Å². The zero-order chi connectivity index (χ0) is 22.0. The van der Waals surface area contributed by atoms with E-state index in [4.69, 9.17) is 24.4 Å². The molecule has 0 aliphatic rings. The van der Waals surface area contributed by atoms with Crippen LogP contribution in [0, 0.1) is 5.41 Å². The summed E-state index contributed by atoms with van der Waals surface area (Å²) in [5.41, 5.74) is -1.29. The minimum absolute atomic E-state index is 0.0197. The molecule has 0 amide bonds. The first kappa shape index (κ1) is 27.7. The molecule has 0 rings (SSSR count). The molecule has 0 aliphatic carbocycles. The lowest BCUT2D eigenvalue weighted by Crippen LogP contribution is -2.42. The molecule has 0 saturated heterocycles. The smallest absolute Gasteiger partial charge is 0.330 e. The van der Waals surface area contributed by atoms with Crippen molar-refractivity contribution < 1.29 is 43.9 Å². The van der Waals surface area contributed by atoms with Crippen LogP contribution in [0.5, 0.6) is 0 Å². The summed E-state index contributed by atoms with van der Waals surface area (Å²) in [5, 5.41) is 27.2. The minimum atomic E-state index is -1.29. The van der Waals surface area contributed by atoms with E-state index in [1.54, 1.807) is 0 Å². The Morgan fingerprint density at radius 1 is 0.793 bits per heavy atom. The third-order valence-electron chi connectivity index (χ3n) is 3.47. The number of aliphatic hydroxyl groups excluding tert-OH is 3. The maximum absolute atomic E-state index is 11.9. The van der Waals surface area contributed by atoms with Crippen molar-refractivity contribution in [3.63, 3.8) is 0 Å². The van der Waals surface area contributed by atoms with Crippen LogP contribution in [0.4, 0.5) is 0 Å². The van der Waals surface area contributed by atoms with Crippen LogP contribution in [0.1, 0.15) is 12.8 Å². The van der Waals surface area contributed by atoms with Gasteiger partial charge >= 0.3 is 17.9 Å². The van der Waals surface area contributed by atoms with Gasteiger partial charge in [-0.3, -0.25) is 9.59 Å². The van der Waals surface area contributed by atoms with Crippen LogP contribution in [0.25, 0.3) is 0 Å². The summed E-state index contributed by atoms with van der Waals surface area (Å²) in [5.74, 6) is 0.205. The molecule has 0 radical (unpaired) electrons. The second kappa shape index (κ2) is 17.6. The van der Waals surface area contributed by atoms with Gasteiger partial charge in [-0.2, -0.15) is 23.5 Å². The SMILES string of the molecule is C=CC(=O)OCC(CO)(COC(=O)CCSCCO)COC(=O)CCSCCO. The van der Waals surface area contributed by atoms with E-state index in [0.29, 0.717) is 23.0 Å². The van der Waals surface area contributed by atoms with Gasteiger partial charge in [-0.1, -0.05) is 6.58 Å². The molecule has 29 heavy (non-hydrogen) atoms. The number of aliphatic hydroxyl groups is 3. The third kappa shape index (κ3) is 14.4. The first-order chi connectivity index (χ1) is 13.9. The molecule has 9 nitrogen and oxygen atoms in total. The Hall–Kier alpha value is -1.27. The van der Waals surface area contributed by atoms with Gasteiger partial charge in [-0.05, 0) is 0 Å². The molecule has 0 aliphatic heterocycles. The number of carbonyl (C=O) groups is 3. The second-order valence-electron chi connectivity index (χ2n) is 5.96. The lowest BCUT2D eigenvalue weighted by atomic mass is 9.92. The van der Waals surface area contributed by atoms with E-state index in [-0.39, 0.29) is 45.9 Å². The number of ether oxygens (including phenoxy) is 3. The Morgan fingerprint density at radius 3 is 1.62 bits per heavy atom. The molecule has 0 fully saturated rings. The summed E-state index contributed by atoms with van der Waals surface area (Å²) < 4.78 is 15.3. The molecule has 168 valence electrons. The van der Waals surface area contributed by atoms with Gasteiger partial charge in [0.25, 0.3) is 0 Å². The number of hydrogen-bond acceptors (Lipinski definition) is 11. The van der Waals surface area contributed by atoms with Crippen molar-refractivity contribution in [2.75, 3.05) is 62.7 Å². The highest BCUT2D eigenvalue weighted by Gasteiger charge is 2.35. The molecule has 0 unspecified atom stereocenters. The van der Waals surface area contributed by atoms with E-state index in [1.165, 1.54) is 23.5 Å². The summed E-state index contributed by atoms with van der Waals surface area (Å²) in [7, 11) is 0. The number of thioether (sulfide) groups is 2. The predicted octanol–water partition coefficient (Wildman–Crippen LogP) is 0.0119. The molecular formula is C18H30O9S2. The van der Waals surface area contributed by atoms with Gasteiger partial charge in [0.1, 0.15) is 19.8 Å². The van der Waals surface area contributed by atoms with Crippen molar-refractivity contribution in [1.29, 1.82) is 0 Å². The first-order valence-corrected chi connectivity index (χ1v) is 11.3. The number of esters is 3. The summed E-state index contributed by atoms with van der Waals surface area (Å²) >= 11 is 2.79. The minimum Gasteiger partial charge on any atom is -0.465 e. The predicted molar refractivity (Wildman–Crippen MR) is 111 cm³/mol. The molecule has 0 atom stereocenters. The quantitative estimate of drug-likeness (QED) is 0.112. The van der Waals surface area contributed by atoms with Crippen molar-refractivity contribution in [2.45, 2.75) is 12.8 Å². The topological polar surface area (TPSA) is 140 Å². The fourth-order valence-corrected chi connectivity index (χ4v) is 3.09. The zero-order valence-electron chi connectivity index (χ0n) is 16.4. The van der Waals surface area contributed by atoms with Crippen molar-refractivity contribution in [3.05, 3.63) is 12.7 Å². The Morgan fingerprint density at radius 2 is 1.24 bits per heavy atom. The summed E-state index contributed by atoms with van der Waals surface area (Å²) in [6.45, 7) is 1.85. The number of hydrogen-bond donors (Lipinski definition) is 3. The lowest BCUT2D eigenvalue weighted by molar-refractivity contribution is -0.163. The molecule has 0 aromatic carbocycles. The average Bonchev–Trinajstić information content (AvgIpc) is 2.73. The molecule has 0 heterocycles. The Labute approximate surface area is 179 Å². The number of carbonyl (C=O) groups excluding carboxylic acids is 3. The van der Waals surface area contributed by atoms with E-state index in [9.17, 15) is 19.5 Å². The zero-order valence-corrected chi connectivity index (χ0v) is 18.0. The molecule has 11 heteroatoms. The normalized spacial score (nSPS) is 11.0. The van der Waals surface area contributed by atoms with Crippen LogP contribution in [-0.2, 0) is 28.6 Å². The van der Waals surface area contributed by atoms with E-state index < -0.39 is 29.9 Å². The van der Waals surface area contributed by atoms with Crippen molar-refractivity contribution in [2.24, 2.45) is 5.41 Å². The molecule has 0 aromatic heterocycles. The van der Waals surface area contributed by atoms with Gasteiger partial charge in [0.05, 0.1) is 38.1 Å². The first-order valence-electron chi connectivity index (χ1n) is 9.01. The van der Waals surface area contributed by atoms with Crippen molar-refractivity contribution >= 4 is 41.4 Å². The third-order valence-corrected chi connectivity index (χ3v) is 5.40. The summed E-state index contributed by atoms with van der Waals surface area (Å²) in [4.78, 5) is 35.1. The standard InChI is InChI=1S/C18H30O9S2/c1-2-15(22)25-12-18(11-21,13-26-16(23)3-7-28-9-5-19)14-27-17(24)4-8-29-10-6-20/h2,19-21H,1,3-14H2. The van der Waals surface area contributed by atoms with Gasteiger partial charge in [0, 0.05) is 29.1 Å². The van der Waals surface area contributed by atoms with Gasteiger partial charge in [0.15, 0.2) is 0 Å². The maximum atomic E-state index is 11.9. The second-order valence-corrected chi connectivity index (χ2v) is 8.41. The van der Waals surface area contributed by atoms with Crippen LogP contribution >= 0.6 is 23.5 Å². The van der Waals surface area contributed by atoms with Crippen LogP contribution in [0.15, 0.2) is 12.7 Å². The van der Waals surface area contributed by atoms with Crippen LogP contribution in [-0.4, -0.2) is 95.9 Å².